The number of para-hydroxylation sites is 4. The van der Waals surface area contributed by atoms with Crippen molar-refractivity contribution in [2.45, 2.75) is 6.92 Å². The lowest BCUT2D eigenvalue weighted by atomic mass is 10.0. The fourth-order valence-corrected chi connectivity index (χ4v) is 6.59. The van der Waals surface area contributed by atoms with Crippen LogP contribution in [0.1, 0.15) is 5.56 Å². The number of nitro groups is 1. The van der Waals surface area contributed by atoms with E-state index in [1.807, 2.05) is 25.1 Å². The molecule has 0 aliphatic carbocycles. The van der Waals surface area contributed by atoms with E-state index < -0.39 is 27.4 Å². The summed E-state index contributed by atoms with van der Waals surface area (Å²) in [6, 6.07) is 36.7. The van der Waals surface area contributed by atoms with Gasteiger partial charge in [-0.3, -0.25) is 10.1 Å². The molecule has 0 N–H and O–H groups in total. The van der Waals surface area contributed by atoms with E-state index in [9.17, 15) is 29.3 Å². The van der Waals surface area contributed by atoms with Crippen molar-refractivity contribution in [1.29, 1.82) is 0 Å². The molecular weight excluding hydrogens is 771 g/mol. The van der Waals surface area contributed by atoms with Crippen molar-refractivity contribution in [2.24, 2.45) is 0 Å². The minimum Gasteiger partial charge on any atom is -0.403 e. The molecule has 0 spiro atoms. The van der Waals surface area contributed by atoms with E-state index in [0.29, 0.717) is 49.4 Å². The molecule has 15 nitrogen and oxygen atoms in total. The highest BCUT2D eigenvalue weighted by Crippen LogP contribution is 2.33. The van der Waals surface area contributed by atoms with Crippen LogP contribution >= 0.6 is 0 Å². The molecule has 4 aromatic heterocycles. The van der Waals surface area contributed by atoms with Crippen molar-refractivity contribution >= 4 is 49.3 Å². The van der Waals surface area contributed by atoms with Crippen molar-refractivity contribution in [3.05, 3.63) is 191 Å². The fraction of sp³-hybridized carbons (Fsp3) is 0.0222. The third-order valence-corrected chi connectivity index (χ3v) is 9.52. The number of rotatable bonds is 5. The summed E-state index contributed by atoms with van der Waals surface area (Å²) in [5.41, 5.74) is 1.79. The third-order valence-electron chi connectivity index (χ3n) is 9.52. The average Bonchev–Trinajstić information content (AvgIpc) is 3.26. The lowest BCUT2D eigenvalue weighted by molar-refractivity contribution is -0.384. The summed E-state index contributed by atoms with van der Waals surface area (Å²) in [6.45, 7) is 1.87. The number of aromatic nitrogens is 4. The van der Waals surface area contributed by atoms with Crippen molar-refractivity contribution in [2.75, 3.05) is 0 Å². The van der Waals surface area contributed by atoms with Crippen LogP contribution in [-0.4, -0.2) is 24.9 Å². The van der Waals surface area contributed by atoms with Crippen LogP contribution in [0.25, 0.3) is 89.4 Å². The SMILES string of the molecule is Cc1cc(-c2nc3ccccc3c(=O)o2)ccc1-c1nc2ccccc2c(=O)o1.O=c1oc(-c2ccc(-c3nc4ccccc4c(=O)o3)c([N+](=O)[O-])c2)nc2ccccc12. The Morgan fingerprint density at radius 1 is 0.433 bits per heavy atom. The van der Waals surface area contributed by atoms with Gasteiger partial charge in [-0.25, -0.2) is 39.1 Å². The predicted octanol–water partition coefficient (Wildman–Crippen LogP) is 8.26. The van der Waals surface area contributed by atoms with E-state index in [4.69, 9.17) is 17.7 Å². The molecule has 0 radical (unpaired) electrons. The quantitative estimate of drug-likeness (QED) is 0.118. The standard InChI is InChI=1S/C23H14N2O4.C22H11N3O6/c1-13-12-14(20-24-18-8-4-2-6-16(18)22(26)28-20)10-11-15(13)21-25-19-9-5-3-7-17(19)23(27)29-21;26-21-13-5-1-3-7-16(13)23-19(30-21)12-9-10-15(18(11-12)25(28)29)20-24-17-8-4-2-6-14(17)22(27)31-20/h2-12H,1H3;1-11H. The number of hydrogen-bond donors (Lipinski definition) is 0. The Balaban J connectivity index is 0.000000154. The van der Waals surface area contributed by atoms with Gasteiger partial charge in [-0.2, -0.15) is 0 Å². The fourth-order valence-electron chi connectivity index (χ4n) is 6.59. The van der Waals surface area contributed by atoms with Crippen LogP contribution < -0.4 is 22.5 Å². The molecule has 15 heteroatoms. The van der Waals surface area contributed by atoms with Crippen LogP contribution in [0.4, 0.5) is 5.69 Å². The van der Waals surface area contributed by atoms with Gasteiger partial charge in [0.15, 0.2) is 0 Å². The van der Waals surface area contributed by atoms with Crippen molar-refractivity contribution in [1.82, 2.24) is 19.9 Å². The minimum atomic E-state index is -0.652. The van der Waals surface area contributed by atoms with Gasteiger partial charge >= 0.3 is 22.5 Å². The summed E-state index contributed by atoms with van der Waals surface area (Å²) < 4.78 is 21.3. The maximum absolute atomic E-state index is 12.3. The van der Waals surface area contributed by atoms with Crippen LogP contribution in [0.5, 0.6) is 0 Å². The summed E-state index contributed by atoms with van der Waals surface area (Å²) in [7, 11) is 0. The smallest absolute Gasteiger partial charge is 0.347 e. The molecule has 0 saturated heterocycles. The topological polar surface area (TPSA) is 216 Å². The molecule has 10 aromatic rings. The van der Waals surface area contributed by atoms with Gasteiger partial charge in [0.1, 0.15) is 5.56 Å². The lowest BCUT2D eigenvalue weighted by Crippen LogP contribution is -2.05. The molecule has 0 saturated carbocycles. The summed E-state index contributed by atoms with van der Waals surface area (Å²) >= 11 is 0. The van der Waals surface area contributed by atoms with E-state index in [1.54, 1.807) is 97.1 Å². The highest BCUT2D eigenvalue weighted by molar-refractivity contribution is 5.83. The number of hydrogen-bond acceptors (Lipinski definition) is 14. The zero-order chi connectivity index (χ0) is 41.5. The predicted molar refractivity (Wildman–Crippen MR) is 221 cm³/mol. The van der Waals surface area contributed by atoms with E-state index in [-0.39, 0.29) is 45.8 Å². The van der Waals surface area contributed by atoms with Gasteiger partial charge in [-0.15, -0.1) is 0 Å². The lowest BCUT2D eigenvalue weighted by Gasteiger charge is -2.07. The molecule has 0 unspecified atom stereocenters. The Bertz CT molecular complexity index is 3610. The van der Waals surface area contributed by atoms with Gasteiger partial charge in [-0.05, 0) is 91.3 Å². The first kappa shape index (κ1) is 36.9. The van der Waals surface area contributed by atoms with Crippen LogP contribution in [0.3, 0.4) is 0 Å². The zero-order valence-electron chi connectivity index (χ0n) is 31.0. The second-order valence-electron chi connectivity index (χ2n) is 13.3. The van der Waals surface area contributed by atoms with Gasteiger partial charge in [0, 0.05) is 22.8 Å². The molecule has 4 heterocycles. The molecular formula is C45H25N5O10. The first-order valence-corrected chi connectivity index (χ1v) is 18.1. The first-order chi connectivity index (χ1) is 29.1. The zero-order valence-corrected chi connectivity index (χ0v) is 31.0. The van der Waals surface area contributed by atoms with Gasteiger partial charge in [0.05, 0.1) is 48.5 Å². The second kappa shape index (κ2) is 15.0. The highest BCUT2D eigenvalue weighted by atomic mass is 16.6. The number of benzene rings is 6. The van der Waals surface area contributed by atoms with Crippen LogP contribution in [0.15, 0.2) is 170 Å². The van der Waals surface area contributed by atoms with Gasteiger partial charge in [0.25, 0.3) is 5.69 Å². The normalized spacial score (nSPS) is 11.2. The molecule has 0 aliphatic rings. The van der Waals surface area contributed by atoms with E-state index in [2.05, 4.69) is 19.9 Å². The summed E-state index contributed by atoms with van der Waals surface area (Å²) in [5, 5.41) is 13.2. The van der Waals surface area contributed by atoms with Gasteiger partial charge in [0.2, 0.25) is 23.6 Å². The molecule has 290 valence electrons. The number of aryl methyl sites for hydroxylation is 1. The molecule has 60 heavy (non-hydrogen) atoms. The molecule has 6 aromatic carbocycles. The molecule has 0 amide bonds. The Kier molecular flexibility index (Phi) is 9.21. The number of fused-ring (bicyclic) bond motifs is 4. The number of nitrogens with zero attached hydrogens (tertiary/aromatic N) is 5. The third kappa shape index (κ3) is 6.87. The van der Waals surface area contributed by atoms with Crippen molar-refractivity contribution < 1.29 is 22.6 Å². The molecule has 0 atom stereocenters. The molecule has 0 bridgehead atoms. The average molecular weight is 796 g/mol. The Hall–Kier alpha value is -8.72. The van der Waals surface area contributed by atoms with Crippen molar-refractivity contribution in [3.63, 3.8) is 0 Å². The molecule has 0 fully saturated rings. The largest absolute Gasteiger partial charge is 0.403 e. The Morgan fingerprint density at radius 3 is 1.17 bits per heavy atom. The van der Waals surface area contributed by atoms with Gasteiger partial charge < -0.3 is 17.7 Å². The van der Waals surface area contributed by atoms with Crippen molar-refractivity contribution in [3.8, 4) is 45.8 Å². The van der Waals surface area contributed by atoms with E-state index in [0.717, 1.165) is 5.56 Å². The van der Waals surface area contributed by atoms with E-state index >= 15 is 0 Å². The second-order valence-corrected chi connectivity index (χ2v) is 13.3. The summed E-state index contributed by atoms with van der Waals surface area (Å²) in [5.74, 6) is 0.225. The van der Waals surface area contributed by atoms with Crippen LogP contribution in [-0.2, 0) is 0 Å². The van der Waals surface area contributed by atoms with E-state index in [1.165, 1.54) is 18.2 Å². The maximum atomic E-state index is 12.3. The molecule has 0 aliphatic heterocycles. The highest BCUT2D eigenvalue weighted by Gasteiger charge is 2.23. The summed E-state index contributed by atoms with van der Waals surface area (Å²) in [6.07, 6.45) is 0. The van der Waals surface area contributed by atoms with Crippen LogP contribution in [0.2, 0.25) is 0 Å². The monoisotopic (exact) mass is 795 g/mol. The number of nitro benzene ring substituents is 1. The maximum Gasteiger partial charge on any atom is 0.347 e. The summed E-state index contributed by atoms with van der Waals surface area (Å²) in [4.78, 5) is 77.6. The molecule has 10 rings (SSSR count). The first-order valence-electron chi connectivity index (χ1n) is 18.1. The minimum absolute atomic E-state index is 0.0136. The van der Waals surface area contributed by atoms with Gasteiger partial charge in [-0.1, -0.05) is 48.5 Å². The Labute approximate surface area is 334 Å². The Morgan fingerprint density at radius 2 is 0.767 bits per heavy atom. The van der Waals surface area contributed by atoms with Crippen LogP contribution in [0, 0.1) is 17.0 Å².